The van der Waals surface area contributed by atoms with Crippen LogP contribution in [0.2, 0.25) is 0 Å². The normalized spacial score (nSPS) is 10.2. The molecule has 4 nitrogen and oxygen atoms in total. The minimum absolute atomic E-state index is 0.358. The highest BCUT2D eigenvalue weighted by molar-refractivity contribution is 5.90. The maximum absolute atomic E-state index is 10.4. The van der Waals surface area contributed by atoms with E-state index < -0.39 is 5.91 Å². The van der Waals surface area contributed by atoms with Gasteiger partial charge in [0.15, 0.2) is 0 Å². The Hall–Kier alpha value is -1.97. The van der Waals surface area contributed by atoms with Crippen molar-refractivity contribution < 1.29 is 4.79 Å². The van der Waals surface area contributed by atoms with E-state index in [-0.39, 0.29) is 0 Å². The van der Waals surface area contributed by atoms with Crippen molar-refractivity contribution in [3.05, 3.63) is 40.8 Å². The molecule has 4 heteroatoms. The molecule has 0 unspecified atom stereocenters. The minimum Gasteiger partial charge on any atom is -0.366 e. The number of benzene rings is 1. The first kappa shape index (κ1) is 9.12. The molecule has 13 heavy (non-hydrogen) atoms. The zero-order valence-corrected chi connectivity index (χ0v) is 6.81. The summed E-state index contributed by atoms with van der Waals surface area (Å²) in [6, 6.07) is 6.48. The van der Waals surface area contributed by atoms with Crippen LogP contribution in [0.5, 0.6) is 0 Å². The molecule has 0 saturated heterocycles. The Labute approximate surface area is 75.0 Å². The molecular formula is C9H8N2O2. The molecule has 0 aromatic heterocycles. The number of amides is 1. The van der Waals surface area contributed by atoms with Gasteiger partial charge < -0.3 is 5.73 Å². The summed E-state index contributed by atoms with van der Waals surface area (Å²) in [5.74, 6) is -0.502. The molecule has 0 aliphatic heterocycles. The molecule has 2 N–H and O–H groups in total. The van der Waals surface area contributed by atoms with Crippen molar-refractivity contribution in [1.82, 2.24) is 0 Å². The fraction of sp³-hybridized carbons (Fsp3) is 0. The largest absolute Gasteiger partial charge is 0.366 e. The fourth-order valence-corrected chi connectivity index (χ4v) is 0.825. The van der Waals surface area contributed by atoms with Crippen molar-refractivity contribution in [2.45, 2.75) is 0 Å². The van der Waals surface area contributed by atoms with Gasteiger partial charge in [-0.05, 0) is 28.9 Å². The molecule has 0 saturated carbocycles. The number of nitroso groups, excluding NO2 is 1. The van der Waals surface area contributed by atoms with Crippen LogP contribution < -0.4 is 5.73 Å². The van der Waals surface area contributed by atoms with E-state index in [2.05, 4.69) is 5.18 Å². The Balaban J connectivity index is 2.80. The number of primary amides is 1. The van der Waals surface area contributed by atoms with Gasteiger partial charge in [-0.15, -0.1) is 4.91 Å². The van der Waals surface area contributed by atoms with Crippen LogP contribution >= 0.6 is 0 Å². The number of hydrogen-bond acceptors (Lipinski definition) is 3. The molecule has 0 bridgehead atoms. The molecule has 0 heterocycles. The van der Waals surface area contributed by atoms with Crippen LogP contribution in [0, 0.1) is 4.91 Å². The molecule has 0 atom stereocenters. The van der Waals surface area contributed by atoms with Crippen LogP contribution in [0.15, 0.2) is 35.5 Å². The van der Waals surface area contributed by atoms with E-state index >= 15 is 0 Å². The second-order valence-electron chi connectivity index (χ2n) is 2.42. The zero-order valence-electron chi connectivity index (χ0n) is 6.81. The molecular weight excluding hydrogens is 168 g/mol. The average molecular weight is 176 g/mol. The lowest BCUT2D eigenvalue weighted by molar-refractivity contribution is -0.113. The first-order valence-electron chi connectivity index (χ1n) is 3.63. The van der Waals surface area contributed by atoms with Crippen LogP contribution in [0.1, 0.15) is 5.56 Å². The van der Waals surface area contributed by atoms with Crippen LogP contribution in [0.3, 0.4) is 0 Å². The summed E-state index contributed by atoms with van der Waals surface area (Å²) in [6.45, 7) is 0. The highest BCUT2D eigenvalue weighted by Crippen LogP contribution is 2.12. The summed E-state index contributed by atoms with van der Waals surface area (Å²) >= 11 is 0. The Morgan fingerprint density at radius 1 is 1.31 bits per heavy atom. The number of carbonyl (C=O) groups excluding carboxylic acids is 1. The standard InChI is InChI=1S/C9H8N2O2/c10-9(12)6-3-7-1-4-8(11-13)5-2-7/h1-6H,(H2,10,12)/b6-3+. The number of nitrogens with zero attached hydrogens (tertiary/aromatic N) is 1. The Morgan fingerprint density at radius 2 is 1.92 bits per heavy atom. The van der Waals surface area contributed by atoms with E-state index in [0.717, 1.165) is 5.56 Å². The van der Waals surface area contributed by atoms with Gasteiger partial charge in [-0.1, -0.05) is 12.1 Å². The number of hydrogen-bond donors (Lipinski definition) is 1. The summed E-state index contributed by atoms with van der Waals surface area (Å²) in [7, 11) is 0. The average Bonchev–Trinajstić information content (AvgIpc) is 2.15. The number of nitrogens with two attached hydrogens (primary N) is 1. The van der Waals surface area contributed by atoms with Gasteiger partial charge in [-0.3, -0.25) is 4.79 Å². The fourth-order valence-electron chi connectivity index (χ4n) is 0.825. The van der Waals surface area contributed by atoms with Gasteiger partial charge in [0.1, 0.15) is 5.69 Å². The predicted octanol–water partition coefficient (Wildman–Crippen LogP) is 1.58. The molecule has 0 fully saturated rings. The molecule has 1 aromatic carbocycles. The first-order chi connectivity index (χ1) is 6.22. The van der Waals surface area contributed by atoms with Crippen molar-refractivity contribution in [2.24, 2.45) is 10.9 Å². The number of carbonyl (C=O) groups is 1. The third kappa shape index (κ3) is 2.86. The van der Waals surface area contributed by atoms with Crippen LogP contribution in [-0.4, -0.2) is 5.91 Å². The monoisotopic (exact) mass is 176 g/mol. The minimum atomic E-state index is -0.502. The molecule has 0 aliphatic rings. The second kappa shape index (κ2) is 4.15. The van der Waals surface area contributed by atoms with Crippen LogP contribution in [-0.2, 0) is 4.79 Å². The maximum Gasteiger partial charge on any atom is 0.241 e. The van der Waals surface area contributed by atoms with Gasteiger partial charge in [0.2, 0.25) is 5.91 Å². The zero-order chi connectivity index (χ0) is 9.68. The summed E-state index contributed by atoms with van der Waals surface area (Å²) in [5, 5.41) is 2.74. The summed E-state index contributed by atoms with van der Waals surface area (Å²) in [4.78, 5) is 20.4. The van der Waals surface area contributed by atoms with Crippen LogP contribution in [0.4, 0.5) is 5.69 Å². The van der Waals surface area contributed by atoms with Crippen molar-refractivity contribution in [2.75, 3.05) is 0 Å². The molecule has 1 aromatic rings. The lowest BCUT2D eigenvalue weighted by Crippen LogP contribution is -2.04. The summed E-state index contributed by atoms with van der Waals surface area (Å²) in [6.07, 6.45) is 2.82. The van der Waals surface area contributed by atoms with Gasteiger partial charge in [-0.25, -0.2) is 0 Å². The first-order valence-corrected chi connectivity index (χ1v) is 3.63. The molecule has 1 rings (SSSR count). The summed E-state index contributed by atoms with van der Waals surface area (Å²) in [5.41, 5.74) is 6.06. The summed E-state index contributed by atoms with van der Waals surface area (Å²) < 4.78 is 0. The van der Waals surface area contributed by atoms with Crippen LogP contribution in [0.25, 0.3) is 6.08 Å². The third-order valence-corrected chi connectivity index (χ3v) is 1.44. The van der Waals surface area contributed by atoms with E-state index in [1.54, 1.807) is 30.3 Å². The lowest BCUT2D eigenvalue weighted by atomic mass is 10.2. The Bertz CT molecular complexity index is 341. The number of rotatable bonds is 3. The van der Waals surface area contributed by atoms with Gasteiger partial charge in [0, 0.05) is 6.08 Å². The highest BCUT2D eigenvalue weighted by atomic mass is 16.3. The van der Waals surface area contributed by atoms with Gasteiger partial charge in [0.05, 0.1) is 0 Å². The van der Waals surface area contributed by atoms with Crippen molar-refractivity contribution in [1.29, 1.82) is 0 Å². The lowest BCUT2D eigenvalue weighted by Gasteiger charge is -1.91. The predicted molar refractivity (Wildman–Crippen MR) is 50.1 cm³/mol. The van der Waals surface area contributed by atoms with E-state index in [1.807, 2.05) is 0 Å². The Kier molecular flexibility index (Phi) is 2.92. The second-order valence-corrected chi connectivity index (χ2v) is 2.42. The SMILES string of the molecule is NC(=O)/C=C/c1ccc(N=O)cc1. The highest BCUT2D eigenvalue weighted by Gasteiger charge is 1.90. The molecule has 66 valence electrons. The van der Waals surface area contributed by atoms with E-state index in [4.69, 9.17) is 5.73 Å². The van der Waals surface area contributed by atoms with Crippen molar-refractivity contribution >= 4 is 17.7 Å². The smallest absolute Gasteiger partial charge is 0.241 e. The van der Waals surface area contributed by atoms with E-state index in [9.17, 15) is 9.70 Å². The topological polar surface area (TPSA) is 72.5 Å². The van der Waals surface area contributed by atoms with Gasteiger partial charge in [0.25, 0.3) is 0 Å². The third-order valence-electron chi connectivity index (χ3n) is 1.44. The molecule has 0 spiro atoms. The quantitative estimate of drug-likeness (QED) is 0.561. The molecule has 0 aliphatic carbocycles. The van der Waals surface area contributed by atoms with Crippen molar-refractivity contribution in [3.8, 4) is 0 Å². The van der Waals surface area contributed by atoms with Crippen molar-refractivity contribution in [3.63, 3.8) is 0 Å². The van der Waals surface area contributed by atoms with Gasteiger partial charge in [-0.2, -0.15) is 0 Å². The maximum atomic E-state index is 10.4. The van der Waals surface area contributed by atoms with Gasteiger partial charge >= 0.3 is 0 Å². The molecule has 0 radical (unpaired) electrons. The van der Waals surface area contributed by atoms with E-state index in [1.165, 1.54) is 6.08 Å². The molecule has 1 amide bonds. The Morgan fingerprint density at radius 3 is 2.38 bits per heavy atom. The van der Waals surface area contributed by atoms with E-state index in [0.29, 0.717) is 5.69 Å².